The lowest BCUT2D eigenvalue weighted by molar-refractivity contribution is -0.129. The Morgan fingerprint density at radius 3 is 2.25 bits per heavy atom. The van der Waals surface area contributed by atoms with E-state index >= 15 is 0 Å². The van der Waals surface area contributed by atoms with Gasteiger partial charge in [0.2, 0.25) is 0 Å². The van der Waals surface area contributed by atoms with Gasteiger partial charge >= 0.3 is 0 Å². The fourth-order valence-corrected chi connectivity index (χ4v) is 2.31. The van der Waals surface area contributed by atoms with Gasteiger partial charge in [0.1, 0.15) is 11.5 Å². The van der Waals surface area contributed by atoms with E-state index in [0.717, 1.165) is 0 Å². The number of amides is 3. The molecule has 0 aliphatic heterocycles. The predicted molar refractivity (Wildman–Crippen MR) is 103 cm³/mol. The first-order chi connectivity index (χ1) is 13.5. The van der Waals surface area contributed by atoms with Crippen LogP contribution in [0, 0.1) is 0 Å². The van der Waals surface area contributed by atoms with Gasteiger partial charge in [-0.05, 0) is 31.2 Å². The van der Waals surface area contributed by atoms with Crippen LogP contribution in [0.5, 0.6) is 11.5 Å². The molecule has 9 heteroatoms. The zero-order chi connectivity index (χ0) is 20.4. The molecule has 3 N–H and O–H groups in total. The molecule has 0 spiro atoms. The molecule has 0 bridgehead atoms. The highest BCUT2D eigenvalue weighted by Gasteiger charge is 2.13. The van der Waals surface area contributed by atoms with Crippen LogP contribution in [0.25, 0.3) is 0 Å². The van der Waals surface area contributed by atoms with Crippen LogP contribution < -0.4 is 25.6 Å². The highest BCUT2D eigenvalue weighted by Crippen LogP contribution is 2.22. The summed E-state index contributed by atoms with van der Waals surface area (Å²) in [5, 5.41) is 2.83. The molecule has 0 atom stereocenters. The van der Waals surface area contributed by atoms with Gasteiger partial charge in [0.15, 0.2) is 6.61 Å². The molecule has 0 radical (unpaired) electrons. The number of ether oxygens (including phenoxy) is 2. The molecular weight excluding hydrogens is 386 g/mol. The number of nitrogens with one attached hydrogen (secondary N) is 3. The monoisotopic (exact) mass is 405 g/mol. The Hall–Kier alpha value is -3.26. The Morgan fingerprint density at radius 2 is 1.54 bits per heavy atom. The van der Waals surface area contributed by atoms with Crippen LogP contribution in [-0.4, -0.2) is 37.5 Å². The molecule has 0 saturated carbocycles. The van der Waals surface area contributed by atoms with E-state index in [4.69, 9.17) is 21.1 Å². The summed E-state index contributed by atoms with van der Waals surface area (Å²) in [4.78, 5) is 35.7. The SMILES string of the molecule is CCOc1ccccc1C(=O)NCC(=O)NNC(=O)COc1ccccc1Cl. The fourth-order valence-electron chi connectivity index (χ4n) is 2.12. The van der Waals surface area contributed by atoms with Crippen LogP contribution in [0.4, 0.5) is 0 Å². The number of carbonyl (C=O) groups is 3. The molecule has 2 aromatic carbocycles. The van der Waals surface area contributed by atoms with Gasteiger partial charge in [-0.1, -0.05) is 35.9 Å². The summed E-state index contributed by atoms with van der Waals surface area (Å²) in [7, 11) is 0. The van der Waals surface area contributed by atoms with Crippen LogP contribution in [-0.2, 0) is 9.59 Å². The van der Waals surface area contributed by atoms with Crippen molar-refractivity contribution in [3.63, 3.8) is 0 Å². The maximum absolute atomic E-state index is 12.2. The molecule has 8 nitrogen and oxygen atoms in total. The van der Waals surface area contributed by atoms with E-state index < -0.39 is 17.7 Å². The number of rotatable bonds is 8. The number of hydrogen-bond acceptors (Lipinski definition) is 5. The van der Waals surface area contributed by atoms with Gasteiger partial charge in [0.25, 0.3) is 17.7 Å². The Morgan fingerprint density at radius 1 is 0.893 bits per heavy atom. The second-order valence-corrected chi connectivity index (χ2v) is 5.83. The smallest absolute Gasteiger partial charge is 0.276 e. The Kier molecular flexibility index (Phi) is 8.11. The lowest BCUT2D eigenvalue weighted by atomic mass is 10.2. The van der Waals surface area contributed by atoms with Crippen LogP contribution in [0.2, 0.25) is 5.02 Å². The normalized spacial score (nSPS) is 9.93. The van der Waals surface area contributed by atoms with E-state index in [0.29, 0.717) is 28.7 Å². The Bertz CT molecular complexity index is 844. The largest absolute Gasteiger partial charge is 0.493 e. The first kappa shape index (κ1) is 21.0. The van der Waals surface area contributed by atoms with Crippen molar-refractivity contribution in [2.24, 2.45) is 0 Å². The van der Waals surface area contributed by atoms with Crippen molar-refractivity contribution in [3.8, 4) is 11.5 Å². The van der Waals surface area contributed by atoms with E-state index in [1.165, 1.54) is 0 Å². The summed E-state index contributed by atoms with van der Waals surface area (Å²) < 4.78 is 10.6. The average molecular weight is 406 g/mol. The Balaban J connectivity index is 1.73. The van der Waals surface area contributed by atoms with Crippen LogP contribution in [0.1, 0.15) is 17.3 Å². The summed E-state index contributed by atoms with van der Waals surface area (Å²) in [5.74, 6) is -0.874. The molecule has 148 valence electrons. The standard InChI is InChI=1S/C19H20ClN3O5/c1-2-27-15-9-5-3-7-13(15)19(26)21-11-17(24)22-23-18(25)12-28-16-10-6-4-8-14(16)20/h3-10H,2,11-12H2,1H3,(H,21,26)(H,22,24)(H,23,25). The van der Waals surface area contributed by atoms with E-state index in [-0.39, 0.29) is 13.2 Å². The number of carbonyl (C=O) groups excluding carboxylic acids is 3. The molecule has 28 heavy (non-hydrogen) atoms. The lowest BCUT2D eigenvalue weighted by Gasteiger charge is -2.11. The average Bonchev–Trinajstić information content (AvgIpc) is 2.70. The zero-order valence-electron chi connectivity index (χ0n) is 15.2. The highest BCUT2D eigenvalue weighted by atomic mass is 35.5. The van der Waals surface area contributed by atoms with Crippen molar-refractivity contribution in [1.82, 2.24) is 16.2 Å². The third-order valence-corrected chi connectivity index (χ3v) is 3.69. The van der Waals surface area contributed by atoms with Crippen LogP contribution in [0.3, 0.4) is 0 Å². The van der Waals surface area contributed by atoms with Gasteiger partial charge in [-0.3, -0.25) is 25.2 Å². The maximum Gasteiger partial charge on any atom is 0.276 e. The molecule has 0 saturated heterocycles. The lowest BCUT2D eigenvalue weighted by Crippen LogP contribution is -2.47. The molecule has 0 aliphatic rings. The molecule has 3 amide bonds. The zero-order valence-corrected chi connectivity index (χ0v) is 15.9. The molecule has 0 aliphatic carbocycles. The van der Waals surface area contributed by atoms with Gasteiger partial charge in [-0.2, -0.15) is 0 Å². The van der Waals surface area contributed by atoms with Gasteiger partial charge in [-0.15, -0.1) is 0 Å². The molecule has 0 unspecified atom stereocenters. The minimum absolute atomic E-state index is 0.314. The predicted octanol–water partition coefficient (Wildman–Crippen LogP) is 1.69. The molecular formula is C19H20ClN3O5. The van der Waals surface area contributed by atoms with Gasteiger partial charge < -0.3 is 14.8 Å². The molecule has 0 aromatic heterocycles. The second-order valence-electron chi connectivity index (χ2n) is 5.43. The fraction of sp³-hybridized carbons (Fsp3) is 0.211. The summed E-state index contributed by atoms with van der Waals surface area (Å²) in [5.41, 5.74) is 4.68. The second kappa shape index (κ2) is 10.8. The van der Waals surface area contributed by atoms with Crippen LogP contribution in [0.15, 0.2) is 48.5 Å². The van der Waals surface area contributed by atoms with Crippen molar-refractivity contribution in [3.05, 3.63) is 59.1 Å². The minimum atomic E-state index is -0.603. The van der Waals surface area contributed by atoms with E-state index in [1.54, 1.807) is 55.5 Å². The number of para-hydroxylation sites is 2. The maximum atomic E-state index is 12.2. The van der Waals surface area contributed by atoms with Crippen molar-refractivity contribution in [2.75, 3.05) is 19.8 Å². The van der Waals surface area contributed by atoms with Crippen molar-refractivity contribution in [1.29, 1.82) is 0 Å². The van der Waals surface area contributed by atoms with E-state index in [2.05, 4.69) is 16.2 Å². The number of hydrazine groups is 1. The first-order valence-corrected chi connectivity index (χ1v) is 8.84. The number of benzene rings is 2. The van der Waals surface area contributed by atoms with Crippen molar-refractivity contribution < 1.29 is 23.9 Å². The highest BCUT2D eigenvalue weighted by molar-refractivity contribution is 6.32. The third-order valence-electron chi connectivity index (χ3n) is 3.38. The number of halogens is 1. The van der Waals surface area contributed by atoms with Gasteiger partial charge in [0.05, 0.1) is 23.7 Å². The number of hydrogen-bond donors (Lipinski definition) is 3. The summed E-state index contributed by atoms with van der Waals surface area (Å²) in [6.45, 7) is 1.55. The first-order valence-electron chi connectivity index (χ1n) is 8.46. The van der Waals surface area contributed by atoms with Gasteiger partial charge in [-0.25, -0.2) is 0 Å². The molecule has 0 heterocycles. The van der Waals surface area contributed by atoms with E-state index in [1.807, 2.05) is 0 Å². The van der Waals surface area contributed by atoms with Crippen LogP contribution >= 0.6 is 11.6 Å². The van der Waals surface area contributed by atoms with Crippen molar-refractivity contribution >= 4 is 29.3 Å². The summed E-state index contributed by atoms with van der Waals surface area (Å²) in [6, 6.07) is 13.4. The van der Waals surface area contributed by atoms with E-state index in [9.17, 15) is 14.4 Å². The third kappa shape index (κ3) is 6.48. The Labute approximate surface area is 167 Å². The van der Waals surface area contributed by atoms with Gasteiger partial charge in [0, 0.05) is 0 Å². The quantitative estimate of drug-likeness (QED) is 0.579. The molecule has 2 aromatic rings. The van der Waals surface area contributed by atoms with Crippen molar-refractivity contribution in [2.45, 2.75) is 6.92 Å². The summed E-state index contributed by atoms with van der Waals surface area (Å²) >= 11 is 5.91. The summed E-state index contributed by atoms with van der Waals surface area (Å²) in [6.07, 6.45) is 0. The molecule has 2 rings (SSSR count). The topological polar surface area (TPSA) is 106 Å². The minimum Gasteiger partial charge on any atom is -0.493 e. The molecule has 0 fully saturated rings.